The van der Waals surface area contributed by atoms with E-state index in [4.69, 9.17) is 13.9 Å². The Morgan fingerprint density at radius 3 is 2.00 bits per heavy atom. The Morgan fingerprint density at radius 2 is 1.56 bits per heavy atom. The van der Waals surface area contributed by atoms with Gasteiger partial charge in [-0.15, -0.1) is 0 Å². The highest BCUT2D eigenvalue weighted by molar-refractivity contribution is 7.69. The van der Waals surface area contributed by atoms with E-state index in [1.165, 1.54) is 0 Å². The van der Waals surface area contributed by atoms with Gasteiger partial charge in [-0.1, -0.05) is 27.2 Å². The Labute approximate surface area is 111 Å². The van der Waals surface area contributed by atoms with Gasteiger partial charge in [-0.3, -0.25) is 13.4 Å². The van der Waals surface area contributed by atoms with Crippen LogP contribution in [-0.2, 0) is 22.4 Å². The van der Waals surface area contributed by atoms with Crippen molar-refractivity contribution in [2.24, 2.45) is 0 Å². The summed E-state index contributed by atoms with van der Waals surface area (Å²) in [6, 6.07) is 0. The van der Waals surface area contributed by atoms with Gasteiger partial charge in [0, 0.05) is 8.81 Å². The van der Waals surface area contributed by atoms with Crippen molar-refractivity contribution in [3.8, 4) is 0 Å². The summed E-state index contributed by atoms with van der Waals surface area (Å²) in [6.07, 6.45) is 2.92. The van der Waals surface area contributed by atoms with Crippen LogP contribution in [0.3, 0.4) is 0 Å². The molecule has 0 fully saturated rings. The van der Waals surface area contributed by atoms with Crippen LogP contribution in [0.15, 0.2) is 0 Å². The lowest BCUT2D eigenvalue weighted by Crippen LogP contribution is -2.00. The molecule has 0 aliphatic carbocycles. The molecule has 0 amide bonds. The standard InChI is InChI=1S/C9H23O6P3/c1-4-7-16-14-18(12,9-6-3)15-17(11,13-10)8-5-2/h10,16H,4-9H2,1-3H3. The molecule has 0 radical (unpaired) electrons. The summed E-state index contributed by atoms with van der Waals surface area (Å²) in [6.45, 7) is 5.58. The maximum atomic E-state index is 12.3. The topological polar surface area (TPSA) is 82.1 Å². The summed E-state index contributed by atoms with van der Waals surface area (Å²) in [5.41, 5.74) is 0. The van der Waals surface area contributed by atoms with E-state index in [2.05, 4.69) is 4.67 Å². The lowest BCUT2D eigenvalue weighted by molar-refractivity contribution is -0.144. The lowest BCUT2D eigenvalue weighted by Gasteiger charge is -2.21. The fourth-order valence-electron chi connectivity index (χ4n) is 1.18. The monoisotopic (exact) mass is 320 g/mol. The van der Waals surface area contributed by atoms with Gasteiger partial charge in [0.25, 0.3) is 0 Å². The summed E-state index contributed by atoms with van der Waals surface area (Å²) < 4.78 is 38.5. The molecule has 0 aromatic carbocycles. The van der Waals surface area contributed by atoms with Crippen LogP contribution in [0.5, 0.6) is 0 Å². The van der Waals surface area contributed by atoms with Gasteiger partial charge in [0.15, 0.2) is 0 Å². The minimum Gasteiger partial charge on any atom is -0.289 e. The number of rotatable bonds is 11. The molecule has 0 aliphatic heterocycles. The van der Waals surface area contributed by atoms with Crippen LogP contribution < -0.4 is 0 Å². The third kappa shape index (κ3) is 7.35. The Hall–Kier alpha value is 0.730. The number of hydrogen-bond acceptors (Lipinski definition) is 6. The van der Waals surface area contributed by atoms with E-state index < -0.39 is 15.2 Å². The summed E-state index contributed by atoms with van der Waals surface area (Å²) in [5.74, 6) is 0. The van der Waals surface area contributed by atoms with Gasteiger partial charge in [0.05, 0.1) is 12.3 Å². The summed E-state index contributed by atoms with van der Waals surface area (Å²) in [4.78, 5) is 0. The minimum atomic E-state index is -3.73. The average Bonchev–Trinajstić information content (AvgIpc) is 2.29. The molecular weight excluding hydrogens is 297 g/mol. The van der Waals surface area contributed by atoms with E-state index in [9.17, 15) is 9.13 Å². The van der Waals surface area contributed by atoms with Gasteiger partial charge >= 0.3 is 15.2 Å². The van der Waals surface area contributed by atoms with E-state index in [0.29, 0.717) is 12.8 Å². The summed E-state index contributed by atoms with van der Waals surface area (Å²) >= 11 is 0. The third-order valence-electron chi connectivity index (χ3n) is 1.92. The molecule has 0 aromatic rings. The van der Waals surface area contributed by atoms with Crippen LogP contribution in [0.2, 0.25) is 0 Å². The fraction of sp³-hybridized carbons (Fsp3) is 1.00. The highest BCUT2D eigenvalue weighted by atomic mass is 31.3. The van der Waals surface area contributed by atoms with E-state index in [-0.39, 0.29) is 21.1 Å². The first-order valence-corrected chi connectivity index (χ1v) is 10.7. The first kappa shape index (κ1) is 18.7. The van der Waals surface area contributed by atoms with Crippen molar-refractivity contribution in [2.45, 2.75) is 40.0 Å². The molecule has 6 nitrogen and oxygen atoms in total. The first-order chi connectivity index (χ1) is 8.45. The van der Waals surface area contributed by atoms with Crippen molar-refractivity contribution < 1.29 is 27.7 Å². The zero-order chi connectivity index (χ0) is 14.1. The zero-order valence-electron chi connectivity index (χ0n) is 11.1. The third-order valence-corrected chi connectivity index (χ3v) is 8.49. The largest absolute Gasteiger partial charge is 0.364 e. The predicted molar refractivity (Wildman–Crippen MR) is 74.9 cm³/mol. The minimum absolute atomic E-state index is 0.0114. The van der Waals surface area contributed by atoms with E-state index in [1.54, 1.807) is 6.92 Å². The molecule has 110 valence electrons. The molecule has 0 saturated heterocycles. The van der Waals surface area contributed by atoms with Crippen LogP contribution in [0.25, 0.3) is 0 Å². The second kappa shape index (κ2) is 9.61. The van der Waals surface area contributed by atoms with Gasteiger partial charge in [0.1, 0.15) is 0 Å². The summed E-state index contributed by atoms with van der Waals surface area (Å²) in [7, 11) is -7.14. The molecule has 0 rings (SSSR count). The molecule has 18 heavy (non-hydrogen) atoms. The van der Waals surface area contributed by atoms with Gasteiger partial charge < -0.3 is 0 Å². The SMILES string of the molecule is CCCPOP(=O)(CCC)OP(=O)(CCC)OO. The Bertz CT molecular complexity index is 309. The molecule has 0 bridgehead atoms. The second-order valence-corrected chi connectivity index (χ2v) is 9.49. The normalized spacial score (nSPS) is 18.9. The Balaban J connectivity index is 4.66. The number of hydrogen-bond donors (Lipinski definition) is 1. The van der Waals surface area contributed by atoms with Crippen LogP contribution in [0.4, 0.5) is 0 Å². The predicted octanol–water partition coefficient (Wildman–Crippen LogP) is 4.72. The molecule has 0 spiro atoms. The maximum absolute atomic E-state index is 12.3. The van der Waals surface area contributed by atoms with Crippen LogP contribution in [0.1, 0.15) is 40.0 Å². The lowest BCUT2D eigenvalue weighted by atomic mass is 10.6. The van der Waals surface area contributed by atoms with Crippen molar-refractivity contribution in [3.05, 3.63) is 0 Å². The summed E-state index contributed by atoms with van der Waals surface area (Å²) in [5, 5.41) is 8.66. The van der Waals surface area contributed by atoms with Crippen molar-refractivity contribution >= 4 is 24.0 Å². The van der Waals surface area contributed by atoms with Crippen LogP contribution in [-0.4, -0.2) is 23.7 Å². The molecule has 0 heterocycles. The van der Waals surface area contributed by atoms with Gasteiger partial charge in [-0.05, 0) is 19.0 Å². The molecule has 0 aromatic heterocycles. The van der Waals surface area contributed by atoms with E-state index in [0.717, 1.165) is 12.6 Å². The van der Waals surface area contributed by atoms with Gasteiger partial charge in [-0.25, -0.2) is 9.57 Å². The van der Waals surface area contributed by atoms with Crippen LogP contribution in [0, 0.1) is 0 Å². The molecule has 3 unspecified atom stereocenters. The van der Waals surface area contributed by atoms with Gasteiger partial charge in [-0.2, -0.15) is 4.67 Å². The van der Waals surface area contributed by atoms with Crippen molar-refractivity contribution in [1.82, 2.24) is 0 Å². The zero-order valence-corrected chi connectivity index (χ0v) is 13.9. The fourth-order valence-corrected chi connectivity index (χ4v) is 6.80. The quantitative estimate of drug-likeness (QED) is 0.257. The highest BCUT2D eigenvalue weighted by Gasteiger charge is 2.36. The smallest absolute Gasteiger partial charge is 0.289 e. The molecule has 3 atom stereocenters. The van der Waals surface area contributed by atoms with Crippen molar-refractivity contribution in [2.75, 3.05) is 18.5 Å². The second-order valence-electron chi connectivity index (χ2n) is 3.82. The van der Waals surface area contributed by atoms with Crippen molar-refractivity contribution in [3.63, 3.8) is 0 Å². The van der Waals surface area contributed by atoms with Crippen molar-refractivity contribution in [1.29, 1.82) is 0 Å². The maximum Gasteiger partial charge on any atom is 0.364 e. The highest BCUT2D eigenvalue weighted by Crippen LogP contribution is 2.66. The van der Waals surface area contributed by atoms with Gasteiger partial charge in [0.2, 0.25) is 0 Å². The van der Waals surface area contributed by atoms with E-state index in [1.807, 2.05) is 13.8 Å². The van der Waals surface area contributed by atoms with E-state index >= 15 is 0 Å². The average molecular weight is 320 g/mol. The molecular formula is C9H23O6P3. The van der Waals surface area contributed by atoms with Crippen LogP contribution >= 0.6 is 24.0 Å². The molecule has 9 heteroatoms. The Morgan fingerprint density at radius 1 is 1.00 bits per heavy atom. The Kier molecular flexibility index (Phi) is 9.99. The first-order valence-electron chi connectivity index (χ1n) is 6.09. The molecule has 0 saturated carbocycles. The molecule has 0 aliphatic rings. The molecule has 1 N–H and O–H groups in total.